The number of amides is 2. The van der Waals surface area contributed by atoms with Crippen molar-refractivity contribution in [2.45, 2.75) is 32.4 Å². The molecule has 1 heterocycles. The molecule has 6 nitrogen and oxygen atoms in total. The Morgan fingerprint density at radius 2 is 1.61 bits per heavy atom. The van der Waals surface area contributed by atoms with Crippen LogP contribution < -0.4 is 16.4 Å². The Hall–Kier alpha value is -1.92. The Labute approximate surface area is 137 Å². The molecule has 6 heteroatoms. The van der Waals surface area contributed by atoms with Crippen LogP contribution in [0.1, 0.15) is 30.4 Å². The first-order valence-electron chi connectivity index (χ1n) is 8.21. The minimum Gasteiger partial charge on any atom is -0.350 e. The van der Waals surface area contributed by atoms with Gasteiger partial charge in [-0.15, -0.1) is 0 Å². The van der Waals surface area contributed by atoms with Gasteiger partial charge in [-0.25, -0.2) is 0 Å². The molecule has 0 radical (unpaired) electrons. The standard InChI is InChI=1S/C17H26N4O2/c18-10-16(22)20-12-17(23)19-11-14-4-6-15(7-5-14)13-21-8-2-1-3-9-21/h4-7H,1-3,8-13,18H2,(H,19,23)(H,20,22). The van der Waals surface area contributed by atoms with Gasteiger partial charge in [0.1, 0.15) is 0 Å². The Morgan fingerprint density at radius 3 is 2.26 bits per heavy atom. The Bertz CT molecular complexity index is 510. The van der Waals surface area contributed by atoms with Gasteiger partial charge in [0, 0.05) is 13.1 Å². The van der Waals surface area contributed by atoms with Crippen molar-refractivity contribution in [1.82, 2.24) is 15.5 Å². The van der Waals surface area contributed by atoms with Crippen LogP contribution in [0.15, 0.2) is 24.3 Å². The van der Waals surface area contributed by atoms with Crippen molar-refractivity contribution in [3.63, 3.8) is 0 Å². The van der Waals surface area contributed by atoms with E-state index < -0.39 is 0 Å². The predicted octanol–water partition coefficient (Wildman–Crippen LogP) is 0.364. The number of nitrogens with two attached hydrogens (primary N) is 1. The van der Waals surface area contributed by atoms with E-state index in [4.69, 9.17) is 5.73 Å². The molecule has 1 aromatic carbocycles. The Balaban J connectivity index is 1.71. The largest absolute Gasteiger partial charge is 0.350 e. The molecule has 1 aliphatic heterocycles. The molecule has 23 heavy (non-hydrogen) atoms. The van der Waals surface area contributed by atoms with Crippen LogP contribution in [0.4, 0.5) is 0 Å². The zero-order valence-corrected chi connectivity index (χ0v) is 13.5. The zero-order valence-electron chi connectivity index (χ0n) is 13.5. The van der Waals surface area contributed by atoms with Crippen molar-refractivity contribution in [3.05, 3.63) is 35.4 Å². The van der Waals surface area contributed by atoms with Gasteiger partial charge in [0.2, 0.25) is 11.8 Å². The fraction of sp³-hybridized carbons (Fsp3) is 0.529. The van der Waals surface area contributed by atoms with Gasteiger partial charge >= 0.3 is 0 Å². The van der Waals surface area contributed by atoms with E-state index in [9.17, 15) is 9.59 Å². The van der Waals surface area contributed by atoms with Gasteiger partial charge < -0.3 is 16.4 Å². The summed E-state index contributed by atoms with van der Waals surface area (Å²) >= 11 is 0. The third-order valence-electron chi connectivity index (χ3n) is 4.00. The average molecular weight is 318 g/mol. The normalized spacial score (nSPS) is 15.2. The molecule has 0 saturated carbocycles. The molecular weight excluding hydrogens is 292 g/mol. The zero-order chi connectivity index (χ0) is 16.5. The van der Waals surface area contributed by atoms with Gasteiger partial charge in [0.25, 0.3) is 0 Å². The van der Waals surface area contributed by atoms with Crippen LogP contribution in [0.2, 0.25) is 0 Å². The molecule has 1 aromatic rings. The number of hydrogen-bond acceptors (Lipinski definition) is 4. The monoisotopic (exact) mass is 318 g/mol. The van der Waals surface area contributed by atoms with Crippen LogP contribution in [-0.2, 0) is 22.7 Å². The molecule has 1 saturated heterocycles. The first kappa shape index (κ1) is 17.4. The van der Waals surface area contributed by atoms with Gasteiger partial charge in [-0.3, -0.25) is 14.5 Å². The second-order valence-electron chi connectivity index (χ2n) is 5.91. The summed E-state index contributed by atoms with van der Waals surface area (Å²) in [5.74, 6) is -0.550. The second-order valence-corrected chi connectivity index (χ2v) is 5.91. The highest BCUT2D eigenvalue weighted by Crippen LogP contribution is 2.13. The van der Waals surface area contributed by atoms with E-state index in [-0.39, 0.29) is 24.9 Å². The van der Waals surface area contributed by atoms with Crippen molar-refractivity contribution < 1.29 is 9.59 Å². The number of hydrogen-bond donors (Lipinski definition) is 3. The third kappa shape index (κ3) is 6.38. The number of likely N-dealkylation sites (tertiary alicyclic amines) is 1. The van der Waals surface area contributed by atoms with E-state index >= 15 is 0 Å². The molecule has 4 N–H and O–H groups in total. The summed E-state index contributed by atoms with van der Waals surface area (Å²) in [5.41, 5.74) is 7.51. The topological polar surface area (TPSA) is 87.5 Å². The van der Waals surface area contributed by atoms with Crippen LogP contribution in [-0.4, -0.2) is 42.9 Å². The van der Waals surface area contributed by atoms with E-state index in [1.807, 2.05) is 12.1 Å². The van der Waals surface area contributed by atoms with Crippen molar-refractivity contribution in [2.75, 3.05) is 26.2 Å². The third-order valence-corrected chi connectivity index (χ3v) is 4.00. The van der Waals surface area contributed by atoms with E-state index in [2.05, 4.69) is 27.7 Å². The molecule has 0 aliphatic carbocycles. The second kappa shape index (κ2) is 9.27. The fourth-order valence-electron chi connectivity index (χ4n) is 2.65. The summed E-state index contributed by atoms with van der Waals surface area (Å²) < 4.78 is 0. The molecule has 2 rings (SSSR count). The quantitative estimate of drug-likeness (QED) is 0.677. The molecule has 0 atom stereocenters. The molecular formula is C17H26N4O2. The minimum absolute atomic E-state index is 0.0386. The van der Waals surface area contributed by atoms with Crippen molar-refractivity contribution in [2.24, 2.45) is 5.73 Å². The summed E-state index contributed by atoms with van der Waals surface area (Å²) in [6.07, 6.45) is 3.94. The predicted molar refractivity (Wildman–Crippen MR) is 89.5 cm³/mol. The van der Waals surface area contributed by atoms with Gasteiger partial charge in [-0.05, 0) is 37.1 Å². The van der Waals surface area contributed by atoms with Crippen molar-refractivity contribution in [1.29, 1.82) is 0 Å². The summed E-state index contributed by atoms with van der Waals surface area (Å²) in [7, 11) is 0. The number of rotatable bonds is 7. The smallest absolute Gasteiger partial charge is 0.239 e. The maximum absolute atomic E-state index is 11.6. The van der Waals surface area contributed by atoms with Crippen molar-refractivity contribution in [3.8, 4) is 0 Å². The lowest BCUT2D eigenvalue weighted by molar-refractivity contribution is -0.125. The molecule has 0 aromatic heterocycles. The van der Waals surface area contributed by atoms with Gasteiger partial charge in [-0.2, -0.15) is 0 Å². The Morgan fingerprint density at radius 1 is 0.957 bits per heavy atom. The molecule has 1 aliphatic rings. The molecule has 0 unspecified atom stereocenters. The van der Waals surface area contributed by atoms with Crippen LogP contribution in [0, 0.1) is 0 Å². The van der Waals surface area contributed by atoms with Crippen LogP contribution in [0.3, 0.4) is 0 Å². The fourth-order valence-corrected chi connectivity index (χ4v) is 2.65. The van der Waals surface area contributed by atoms with Gasteiger partial charge in [0.05, 0.1) is 13.1 Å². The summed E-state index contributed by atoms with van der Waals surface area (Å²) in [5, 5.41) is 5.22. The van der Waals surface area contributed by atoms with E-state index in [1.54, 1.807) is 0 Å². The number of carbonyl (C=O) groups excluding carboxylic acids is 2. The lowest BCUT2D eigenvalue weighted by Gasteiger charge is -2.26. The number of carbonyl (C=O) groups is 2. The first-order chi connectivity index (χ1) is 11.2. The maximum atomic E-state index is 11.6. The molecule has 0 spiro atoms. The van der Waals surface area contributed by atoms with E-state index in [0.717, 1.165) is 12.1 Å². The summed E-state index contributed by atoms with van der Waals surface area (Å²) in [6.45, 7) is 3.69. The Kier molecular flexibility index (Phi) is 7.03. The minimum atomic E-state index is -0.331. The van der Waals surface area contributed by atoms with Gasteiger partial charge in [0.15, 0.2) is 0 Å². The van der Waals surface area contributed by atoms with E-state index in [0.29, 0.717) is 6.54 Å². The average Bonchev–Trinajstić information content (AvgIpc) is 2.60. The van der Waals surface area contributed by atoms with Crippen molar-refractivity contribution >= 4 is 11.8 Å². The number of benzene rings is 1. The highest BCUT2D eigenvalue weighted by Gasteiger charge is 2.10. The lowest BCUT2D eigenvalue weighted by Crippen LogP contribution is -2.39. The van der Waals surface area contributed by atoms with Crippen LogP contribution in [0.5, 0.6) is 0 Å². The number of nitrogens with one attached hydrogen (secondary N) is 2. The SMILES string of the molecule is NCC(=O)NCC(=O)NCc1ccc(CN2CCCCC2)cc1. The summed E-state index contributed by atoms with van der Waals surface area (Å²) in [6, 6.07) is 8.31. The van der Waals surface area contributed by atoms with E-state index in [1.165, 1.54) is 37.9 Å². The van der Waals surface area contributed by atoms with Crippen LogP contribution in [0.25, 0.3) is 0 Å². The molecule has 2 amide bonds. The van der Waals surface area contributed by atoms with Gasteiger partial charge in [-0.1, -0.05) is 30.7 Å². The highest BCUT2D eigenvalue weighted by atomic mass is 16.2. The maximum Gasteiger partial charge on any atom is 0.239 e. The number of piperidine rings is 1. The van der Waals surface area contributed by atoms with Crippen LogP contribution >= 0.6 is 0 Å². The molecule has 126 valence electrons. The lowest BCUT2D eigenvalue weighted by atomic mass is 10.1. The summed E-state index contributed by atoms with van der Waals surface area (Å²) in [4.78, 5) is 25.1. The number of nitrogens with zero attached hydrogens (tertiary/aromatic N) is 1. The first-order valence-corrected chi connectivity index (χ1v) is 8.21. The molecule has 1 fully saturated rings. The molecule has 0 bridgehead atoms. The highest BCUT2D eigenvalue weighted by molar-refractivity contribution is 5.85.